The van der Waals surface area contributed by atoms with Crippen molar-refractivity contribution >= 4 is 23.0 Å². The molecule has 2 aromatic carbocycles. The van der Waals surface area contributed by atoms with Gasteiger partial charge in [0.15, 0.2) is 0 Å². The first kappa shape index (κ1) is 17.9. The molecule has 0 radical (unpaired) electrons. The molecule has 4 nitrogen and oxygen atoms in total. The Morgan fingerprint density at radius 3 is 2.38 bits per heavy atom. The Kier molecular flexibility index (Phi) is 5.17. The van der Waals surface area contributed by atoms with Crippen LogP contribution in [0.2, 0.25) is 0 Å². The highest BCUT2D eigenvalue weighted by Gasteiger charge is 2.14. The van der Waals surface area contributed by atoms with Crippen molar-refractivity contribution in [2.75, 3.05) is 29.6 Å². The van der Waals surface area contributed by atoms with Gasteiger partial charge in [0.25, 0.3) is 5.91 Å². The maximum atomic E-state index is 12.6. The van der Waals surface area contributed by atoms with Gasteiger partial charge >= 0.3 is 0 Å². The highest BCUT2D eigenvalue weighted by Crippen LogP contribution is 2.22. The van der Waals surface area contributed by atoms with Gasteiger partial charge in [0.2, 0.25) is 0 Å². The standard InChI is InChI=1S/C20H27N3O/c1-14-10-11-15(12-18(14)22-20(2,3)4)19(24)21-16-8-7-9-17(13-16)23(5)6/h7-13,22H,1-6H3,(H,21,24). The van der Waals surface area contributed by atoms with Gasteiger partial charge in [0.1, 0.15) is 0 Å². The van der Waals surface area contributed by atoms with Crippen LogP contribution < -0.4 is 15.5 Å². The molecule has 4 heteroatoms. The number of nitrogens with zero attached hydrogens (tertiary/aromatic N) is 1. The molecule has 0 spiro atoms. The first-order valence-corrected chi connectivity index (χ1v) is 8.13. The summed E-state index contributed by atoms with van der Waals surface area (Å²) in [7, 11) is 3.96. The molecule has 0 fully saturated rings. The second-order valence-corrected chi connectivity index (χ2v) is 7.30. The van der Waals surface area contributed by atoms with Crippen molar-refractivity contribution in [3.63, 3.8) is 0 Å². The number of rotatable bonds is 4. The van der Waals surface area contributed by atoms with E-state index in [9.17, 15) is 4.79 Å². The molecule has 0 saturated carbocycles. The van der Waals surface area contributed by atoms with Crippen LogP contribution in [0.4, 0.5) is 17.1 Å². The minimum absolute atomic E-state index is 0.0557. The topological polar surface area (TPSA) is 44.4 Å². The summed E-state index contributed by atoms with van der Waals surface area (Å²) in [4.78, 5) is 14.6. The molecule has 2 N–H and O–H groups in total. The minimum Gasteiger partial charge on any atom is -0.380 e. The Balaban J connectivity index is 2.21. The second-order valence-electron chi connectivity index (χ2n) is 7.30. The lowest BCUT2D eigenvalue weighted by Gasteiger charge is -2.24. The second kappa shape index (κ2) is 6.95. The lowest BCUT2D eigenvalue weighted by atomic mass is 10.0. The zero-order chi connectivity index (χ0) is 17.9. The Morgan fingerprint density at radius 2 is 1.75 bits per heavy atom. The molecule has 1 amide bonds. The van der Waals surface area contributed by atoms with Gasteiger partial charge < -0.3 is 15.5 Å². The molecule has 0 bridgehead atoms. The lowest BCUT2D eigenvalue weighted by molar-refractivity contribution is 0.102. The summed E-state index contributed by atoms with van der Waals surface area (Å²) in [5, 5.41) is 6.42. The number of carbonyl (C=O) groups excluding carboxylic acids is 1. The first-order valence-electron chi connectivity index (χ1n) is 8.13. The Labute approximate surface area is 144 Å². The van der Waals surface area contributed by atoms with Crippen LogP contribution in [0.1, 0.15) is 36.7 Å². The third-order valence-electron chi connectivity index (χ3n) is 3.63. The predicted molar refractivity (Wildman–Crippen MR) is 103 cm³/mol. The summed E-state index contributed by atoms with van der Waals surface area (Å²) >= 11 is 0. The quantitative estimate of drug-likeness (QED) is 0.868. The van der Waals surface area contributed by atoms with Crippen molar-refractivity contribution in [1.82, 2.24) is 0 Å². The molecule has 0 heterocycles. The minimum atomic E-state index is -0.108. The summed E-state index contributed by atoms with van der Waals surface area (Å²) in [6.45, 7) is 8.35. The molecule has 0 aliphatic carbocycles. The average molecular weight is 325 g/mol. The van der Waals surface area contributed by atoms with E-state index in [-0.39, 0.29) is 11.4 Å². The van der Waals surface area contributed by atoms with E-state index in [2.05, 4.69) is 31.4 Å². The van der Waals surface area contributed by atoms with Crippen LogP contribution in [0.5, 0.6) is 0 Å². The highest BCUT2D eigenvalue weighted by molar-refractivity contribution is 6.05. The van der Waals surface area contributed by atoms with E-state index in [1.807, 2.05) is 68.4 Å². The Hall–Kier alpha value is -2.49. The summed E-state index contributed by atoms with van der Waals surface area (Å²) < 4.78 is 0. The molecule has 128 valence electrons. The van der Waals surface area contributed by atoms with E-state index < -0.39 is 0 Å². The van der Waals surface area contributed by atoms with E-state index in [1.165, 1.54) is 0 Å². The molecular formula is C20H27N3O. The van der Waals surface area contributed by atoms with E-state index in [0.29, 0.717) is 5.56 Å². The monoisotopic (exact) mass is 325 g/mol. The van der Waals surface area contributed by atoms with Crippen molar-refractivity contribution < 1.29 is 4.79 Å². The third kappa shape index (κ3) is 4.75. The number of anilines is 3. The number of aryl methyl sites for hydroxylation is 1. The number of nitrogens with one attached hydrogen (secondary N) is 2. The van der Waals surface area contributed by atoms with Crippen molar-refractivity contribution in [2.45, 2.75) is 33.2 Å². The maximum absolute atomic E-state index is 12.6. The van der Waals surface area contributed by atoms with Crippen molar-refractivity contribution in [3.8, 4) is 0 Å². The molecule has 0 saturated heterocycles. The number of amides is 1. The molecule has 2 aromatic rings. The molecule has 0 atom stereocenters. The van der Waals surface area contributed by atoms with Gasteiger partial charge in [-0.2, -0.15) is 0 Å². The van der Waals surface area contributed by atoms with Crippen molar-refractivity contribution in [1.29, 1.82) is 0 Å². The van der Waals surface area contributed by atoms with Crippen LogP contribution in [-0.4, -0.2) is 25.5 Å². The SMILES string of the molecule is Cc1ccc(C(=O)Nc2cccc(N(C)C)c2)cc1NC(C)(C)C. The average Bonchev–Trinajstić information content (AvgIpc) is 2.48. The molecule has 0 aliphatic heterocycles. The van der Waals surface area contributed by atoms with Gasteiger partial charge in [-0.3, -0.25) is 4.79 Å². The zero-order valence-corrected chi connectivity index (χ0v) is 15.4. The van der Waals surface area contributed by atoms with E-state index >= 15 is 0 Å². The van der Waals surface area contributed by atoms with Crippen LogP contribution >= 0.6 is 0 Å². The molecule has 0 aromatic heterocycles. The number of hydrogen-bond donors (Lipinski definition) is 2. The van der Waals surface area contributed by atoms with Gasteiger partial charge in [-0.25, -0.2) is 0 Å². The van der Waals surface area contributed by atoms with Crippen LogP contribution in [0.15, 0.2) is 42.5 Å². The Bertz CT molecular complexity index is 730. The molecule has 0 unspecified atom stereocenters. The Morgan fingerprint density at radius 1 is 1.04 bits per heavy atom. The summed E-state index contributed by atoms with van der Waals surface area (Å²) in [5.74, 6) is -0.108. The number of hydrogen-bond acceptors (Lipinski definition) is 3. The fourth-order valence-corrected chi connectivity index (χ4v) is 2.37. The fraction of sp³-hybridized carbons (Fsp3) is 0.350. The molecule has 0 aliphatic rings. The van der Waals surface area contributed by atoms with Gasteiger partial charge in [-0.05, 0) is 63.6 Å². The van der Waals surface area contributed by atoms with Gasteiger partial charge in [0.05, 0.1) is 0 Å². The number of carbonyl (C=O) groups is 1. The highest BCUT2D eigenvalue weighted by atomic mass is 16.1. The van der Waals surface area contributed by atoms with Crippen LogP contribution in [0.3, 0.4) is 0 Å². The van der Waals surface area contributed by atoms with E-state index in [1.54, 1.807) is 0 Å². The van der Waals surface area contributed by atoms with Crippen molar-refractivity contribution in [3.05, 3.63) is 53.6 Å². The van der Waals surface area contributed by atoms with Crippen LogP contribution in [0, 0.1) is 6.92 Å². The van der Waals surface area contributed by atoms with E-state index in [0.717, 1.165) is 22.6 Å². The van der Waals surface area contributed by atoms with Gasteiger partial charge in [-0.1, -0.05) is 12.1 Å². The van der Waals surface area contributed by atoms with Crippen LogP contribution in [-0.2, 0) is 0 Å². The smallest absolute Gasteiger partial charge is 0.255 e. The normalized spacial score (nSPS) is 11.1. The summed E-state index contributed by atoms with van der Waals surface area (Å²) in [5.41, 5.74) is 4.53. The van der Waals surface area contributed by atoms with E-state index in [4.69, 9.17) is 0 Å². The number of benzene rings is 2. The predicted octanol–water partition coefficient (Wildman–Crippen LogP) is 4.52. The molecular weight excluding hydrogens is 298 g/mol. The molecule has 2 rings (SSSR count). The van der Waals surface area contributed by atoms with Gasteiger partial charge in [-0.15, -0.1) is 0 Å². The van der Waals surface area contributed by atoms with Crippen LogP contribution in [0.25, 0.3) is 0 Å². The molecule has 24 heavy (non-hydrogen) atoms. The first-order chi connectivity index (χ1) is 11.2. The third-order valence-corrected chi connectivity index (χ3v) is 3.63. The zero-order valence-electron chi connectivity index (χ0n) is 15.4. The largest absolute Gasteiger partial charge is 0.380 e. The summed E-state index contributed by atoms with van der Waals surface area (Å²) in [6.07, 6.45) is 0. The fourth-order valence-electron chi connectivity index (χ4n) is 2.37. The van der Waals surface area contributed by atoms with Crippen molar-refractivity contribution in [2.24, 2.45) is 0 Å². The summed E-state index contributed by atoms with van der Waals surface area (Å²) in [6, 6.07) is 13.5. The lowest BCUT2D eigenvalue weighted by Crippen LogP contribution is -2.26. The maximum Gasteiger partial charge on any atom is 0.255 e. The van der Waals surface area contributed by atoms with Gasteiger partial charge in [0, 0.05) is 42.3 Å².